The third-order valence-corrected chi connectivity index (χ3v) is 5.95. The molecule has 1 aliphatic carbocycles. The maximum Gasteiger partial charge on any atom is 0.339 e. The van der Waals surface area contributed by atoms with Crippen molar-refractivity contribution in [3.8, 4) is 0 Å². The number of fused-ring (bicyclic) bond motifs is 2. The molecule has 1 aromatic heterocycles. The third kappa shape index (κ3) is 3.68. The molecule has 1 amide bonds. The summed E-state index contributed by atoms with van der Waals surface area (Å²) in [4.78, 5) is 31.8. The SMILES string of the molecule is Cc1cc(C(=O)OCC(=O)N2CCC[C@@H]3CCCC[C@H]32)c2ccccc2n1. The zero-order chi connectivity index (χ0) is 18.8. The van der Waals surface area contributed by atoms with E-state index in [1.54, 1.807) is 6.07 Å². The lowest BCUT2D eigenvalue weighted by Crippen LogP contribution is -2.50. The van der Waals surface area contributed by atoms with Crippen LogP contribution in [-0.2, 0) is 9.53 Å². The Bertz CT molecular complexity index is 862. The lowest BCUT2D eigenvalue weighted by atomic mass is 9.78. The minimum Gasteiger partial charge on any atom is -0.452 e. The van der Waals surface area contributed by atoms with E-state index in [1.807, 2.05) is 36.1 Å². The number of amides is 1. The molecule has 0 unspecified atom stereocenters. The summed E-state index contributed by atoms with van der Waals surface area (Å²) in [6.45, 7) is 2.46. The number of carbonyl (C=O) groups is 2. The van der Waals surface area contributed by atoms with Crippen molar-refractivity contribution < 1.29 is 14.3 Å². The van der Waals surface area contributed by atoms with Crippen LogP contribution in [0.2, 0.25) is 0 Å². The molecule has 1 aliphatic heterocycles. The van der Waals surface area contributed by atoms with Crippen molar-refractivity contribution in [3.05, 3.63) is 41.6 Å². The fourth-order valence-corrected chi connectivity index (χ4v) is 4.70. The summed E-state index contributed by atoms with van der Waals surface area (Å²) >= 11 is 0. The number of aryl methyl sites for hydroxylation is 1. The van der Waals surface area contributed by atoms with Gasteiger partial charge in [-0.1, -0.05) is 31.0 Å². The molecule has 2 atom stereocenters. The first-order chi connectivity index (χ1) is 13.1. The van der Waals surface area contributed by atoms with Crippen LogP contribution in [0, 0.1) is 12.8 Å². The summed E-state index contributed by atoms with van der Waals surface area (Å²) in [6, 6.07) is 9.57. The van der Waals surface area contributed by atoms with E-state index in [9.17, 15) is 9.59 Å². The van der Waals surface area contributed by atoms with Crippen molar-refractivity contribution in [1.82, 2.24) is 9.88 Å². The van der Waals surface area contributed by atoms with E-state index in [0.29, 0.717) is 17.5 Å². The van der Waals surface area contributed by atoms with Gasteiger partial charge in [-0.15, -0.1) is 0 Å². The molecule has 2 aliphatic rings. The van der Waals surface area contributed by atoms with Gasteiger partial charge in [0.15, 0.2) is 6.61 Å². The predicted molar refractivity (Wildman–Crippen MR) is 103 cm³/mol. The molecule has 0 bridgehead atoms. The van der Waals surface area contributed by atoms with Gasteiger partial charge in [0.1, 0.15) is 0 Å². The number of para-hydroxylation sites is 1. The van der Waals surface area contributed by atoms with Crippen molar-refractivity contribution in [2.24, 2.45) is 5.92 Å². The number of pyridine rings is 1. The first-order valence-electron chi connectivity index (χ1n) is 9.96. The predicted octanol–water partition coefficient (Wildman–Crippen LogP) is 3.88. The quantitative estimate of drug-likeness (QED) is 0.774. The number of rotatable bonds is 3. The lowest BCUT2D eigenvalue weighted by molar-refractivity contribution is -0.140. The molecule has 2 aromatic rings. The van der Waals surface area contributed by atoms with Crippen LogP contribution in [0.5, 0.6) is 0 Å². The van der Waals surface area contributed by atoms with E-state index in [4.69, 9.17) is 4.74 Å². The Morgan fingerprint density at radius 1 is 1.15 bits per heavy atom. The van der Waals surface area contributed by atoms with E-state index in [2.05, 4.69) is 4.98 Å². The highest BCUT2D eigenvalue weighted by molar-refractivity contribution is 6.04. The van der Waals surface area contributed by atoms with Crippen molar-refractivity contribution in [3.63, 3.8) is 0 Å². The van der Waals surface area contributed by atoms with Crippen LogP contribution in [0.25, 0.3) is 10.9 Å². The van der Waals surface area contributed by atoms with E-state index in [-0.39, 0.29) is 12.5 Å². The normalized spacial score (nSPS) is 22.3. The summed E-state index contributed by atoms with van der Waals surface area (Å²) in [6.07, 6.45) is 7.03. The Labute approximate surface area is 159 Å². The number of hydrogen-bond donors (Lipinski definition) is 0. The molecular formula is C22H26N2O3. The van der Waals surface area contributed by atoms with Gasteiger partial charge in [0.05, 0.1) is 11.1 Å². The van der Waals surface area contributed by atoms with Crippen molar-refractivity contribution in [1.29, 1.82) is 0 Å². The van der Waals surface area contributed by atoms with E-state index < -0.39 is 5.97 Å². The average Bonchev–Trinajstić information content (AvgIpc) is 2.70. The highest BCUT2D eigenvalue weighted by Crippen LogP contribution is 2.35. The maximum atomic E-state index is 12.8. The number of piperidine rings is 1. The number of ether oxygens (including phenoxy) is 1. The Morgan fingerprint density at radius 2 is 1.93 bits per heavy atom. The van der Waals surface area contributed by atoms with Crippen molar-refractivity contribution >= 4 is 22.8 Å². The molecule has 2 fully saturated rings. The molecule has 142 valence electrons. The molecule has 1 aromatic carbocycles. The molecule has 5 nitrogen and oxygen atoms in total. The van der Waals surface area contributed by atoms with Gasteiger partial charge >= 0.3 is 5.97 Å². The highest BCUT2D eigenvalue weighted by atomic mass is 16.5. The Balaban J connectivity index is 1.45. The molecule has 27 heavy (non-hydrogen) atoms. The summed E-state index contributed by atoms with van der Waals surface area (Å²) in [5.41, 5.74) is 1.99. The van der Waals surface area contributed by atoms with Crippen molar-refractivity contribution in [2.75, 3.05) is 13.2 Å². The smallest absolute Gasteiger partial charge is 0.339 e. The zero-order valence-corrected chi connectivity index (χ0v) is 15.8. The van der Waals surface area contributed by atoms with Crippen LogP contribution in [0.4, 0.5) is 0 Å². The fraction of sp³-hybridized carbons (Fsp3) is 0.500. The first-order valence-corrected chi connectivity index (χ1v) is 9.96. The van der Waals surface area contributed by atoms with Gasteiger partial charge in [-0.25, -0.2) is 4.79 Å². The number of benzene rings is 1. The largest absolute Gasteiger partial charge is 0.452 e. The molecular weight excluding hydrogens is 340 g/mol. The summed E-state index contributed by atoms with van der Waals surface area (Å²) in [5.74, 6) is 0.108. The highest BCUT2D eigenvalue weighted by Gasteiger charge is 2.35. The lowest BCUT2D eigenvalue weighted by Gasteiger charge is -2.44. The molecule has 4 rings (SSSR count). The Hall–Kier alpha value is -2.43. The molecule has 2 heterocycles. The van der Waals surface area contributed by atoms with Crippen molar-refractivity contribution in [2.45, 2.75) is 51.5 Å². The molecule has 0 radical (unpaired) electrons. The van der Waals surface area contributed by atoms with Gasteiger partial charge in [-0.05, 0) is 50.7 Å². The van der Waals surface area contributed by atoms with Gasteiger partial charge in [0.2, 0.25) is 0 Å². The van der Waals surface area contributed by atoms with E-state index >= 15 is 0 Å². The van der Waals surface area contributed by atoms with Gasteiger partial charge < -0.3 is 9.64 Å². The number of hydrogen-bond acceptors (Lipinski definition) is 4. The van der Waals surface area contributed by atoms with Gasteiger partial charge in [0.25, 0.3) is 5.91 Å². The van der Waals surface area contributed by atoms with E-state index in [1.165, 1.54) is 25.7 Å². The number of aromatic nitrogens is 1. The second kappa shape index (κ2) is 7.67. The number of likely N-dealkylation sites (tertiary alicyclic amines) is 1. The molecule has 5 heteroatoms. The molecule has 1 saturated heterocycles. The maximum absolute atomic E-state index is 12.8. The number of nitrogens with zero attached hydrogens (tertiary/aromatic N) is 2. The fourth-order valence-electron chi connectivity index (χ4n) is 4.70. The first kappa shape index (κ1) is 18.0. The summed E-state index contributed by atoms with van der Waals surface area (Å²) in [5, 5.41) is 0.755. The molecule has 1 saturated carbocycles. The number of carbonyl (C=O) groups excluding carboxylic acids is 2. The van der Waals surface area contributed by atoms with E-state index in [0.717, 1.165) is 36.0 Å². The van der Waals surface area contributed by atoms with Crippen LogP contribution in [0.1, 0.15) is 54.6 Å². The minimum atomic E-state index is -0.456. The third-order valence-electron chi connectivity index (χ3n) is 5.95. The second-order valence-corrected chi connectivity index (χ2v) is 7.75. The standard InChI is InChI=1S/C22H26N2O3/c1-15-13-18(17-9-3-4-10-19(17)23-15)22(26)27-14-21(25)24-12-6-8-16-7-2-5-11-20(16)24/h3-4,9-10,13,16,20H,2,5-8,11-12,14H2,1H3/t16-,20+/m0/s1. The number of esters is 1. The van der Waals surface area contributed by atoms with Gasteiger partial charge in [-0.2, -0.15) is 0 Å². The topological polar surface area (TPSA) is 59.5 Å². The van der Waals surface area contributed by atoms with Crippen LogP contribution in [-0.4, -0.2) is 41.0 Å². The Kier molecular flexibility index (Phi) is 5.10. The molecule has 0 spiro atoms. The van der Waals surface area contributed by atoms with Crippen LogP contribution >= 0.6 is 0 Å². The Morgan fingerprint density at radius 3 is 2.81 bits per heavy atom. The summed E-state index contributed by atoms with van der Waals surface area (Å²) in [7, 11) is 0. The van der Waals surface area contributed by atoms with Crippen LogP contribution in [0.3, 0.4) is 0 Å². The van der Waals surface area contributed by atoms with Gasteiger partial charge in [-0.3, -0.25) is 9.78 Å². The molecule has 0 N–H and O–H groups in total. The summed E-state index contributed by atoms with van der Waals surface area (Å²) < 4.78 is 5.43. The second-order valence-electron chi connectivity index (χ2n) is 7.75. The minimum absolute atomic E-state index is 0.0602. The van der Waals surface area contributed by atoms with Crippen LogP contribution in [0.15, 0.2) is 30.3 Å². The average molecular weight is 366 g/mol. The zero-order valence-electron chi connectivity index (χ0n) is 15.8. The van der Waals surface area contributed by atoms with Crippen LogP contribution < -0.4 is 0 Å². The van der Waals surface area contributed by atoms with Gasteiger partial charge in [0, 0.05) is 23.7 Å². The monoisotopic (exact) mass is 366 g/mol.